The molecule has 0 aliphatic heterocycles. The maximum atomic E-state index is 12.3. The topological polar surface area (TPSA) is 58.6 Å². The van der Waals surface area contributed by atoms with Crippen molar-refractivity contribution < 1.29 is 23.4 Å². The molecule has 4 nitrogen and oxygen atoms in total. The Morgan fingerprint density at radius 2 is 2.15 bits per heavy atom. The van der Waals surface area contributed by atoms with Crippen molar-refractivity contribution in [1.29, 1.82) is 0 Å². The maximum absolute atomic E-state index is 12.3. The quantitative estimate of drug-likeness (QED) is 0.849. The molecule has 1 atom stereocenters. The number of hydrogen-bond donors (Lipinski definition) is 2. The van der Waals surface area contributed by atoms with Gasteiger partial charge >= 0.3 is 6.61 Å². The lowest BCUT2D eigenvalue weighted by molar-refractivity contribution is -0.0499. The van der Waals surface area contributed by atoms with E-state index in [1.165, 1.54) is 6.07 Å². The van der Waals surface area contributed by atoms with Crippen molar-refractivity contribution in [2.75, 3.05) is 6.54 Å². The van der Waals surface area contributed by atoms with Crippen molar-refractivity contribution in [1.82, 2.24) is 5.32 Å². The van der Waals surface area contributed by atoms with E-state index >= 15 is 0 Å². The first-order chi connectivity index (χ1) is 9.13. The van der Waals surface area contributed by atoms with Crippen LogP contribution in [-0.4, -0.2) is 29.8 Å². The van der Waals surface area contributed by atoms with Crippen molar-refractivity contribution in [3.05, 3.63) is 15.8 Å². The standard InChI is InChI=1S/C13H19F2NO3S/c1-7(2)13(4,18)6-16-11(17)10-9(19-12(14)15)5-8(3)20-10/h5,7,12,18H,6H2,1-4H3,(H,16,17). The first kappa shape index (κ1) is 16.8. The summed E-state index contributed by atoms with van der Waals surface area (Å²) < 4.78 is 28.9. The molecule has 0 aliphatic carbocycles. The molecule has 1 aromatic rings. The van der Waals surface area contributed by atoms with E-state index in [4.69, 9.17) is 0 Å². The van der Waals surface area contributed by atoms with E-state index in [0.717, 1.165) is 11.3 Å². The SMILES string of the molecule is Cc1cc(OC(F)F)c(C(=O)NCC(C)(O)C(C)C)s1. The highest BCUT2D eigenvalue weighted by Gasteiger charge is 2.27. The molecule has 0 spiro atoms. The Morgan fingerprint density at radius 1 is 1.55 bits per heavy atom. The fraction of sp³-hybridized carbons (Fsp3) is 0.615. The third-order valence-corrected chi connectivity index (χ3v) is 4.12. The van der Waals surface area contributed by atoms with E-state index in [1.54, 1.807) is 13.8 Å². The monoisotopic (exact) mass is 307 g/mol. The van der Waals surface area contributed by atoms with Crippen molar-refractivity contribution in [2.45, 2.75) is 39.9 Å². The minimum atomic E-state index is -2.98. The smallest absolute Gasteiger partial charge is 0.387 e. The van der Waals surface area contributed by atoms with Gasteiger partial charge in [0.1, 0.15) is 10.6 Å². The normalized spacial score (nSPS) is 14.4. The fourth-order valence-electron chi connectivity index (χ4n) is 1.38. The van der Waals surface area contributed by atoms with Gasteiger partial charge in [-0.05, 0) is 25.8 Å². The molecule has 0 aliphatic rings. The Labute approximate surface area is 120 Å². The second-order valence-corrected chi connectivity index (χ2v) is 6.38. The number of aliphatic hydroxyl groups is 1. The average molecular weight is 307 g/mol. The van der Waals surface area contributed by atoms with Crippen molar-refractivity contribution in [3.8, 4) is 5.75 Å². The zero-order valence-corrected chi connectivity index (χ0v) is 12.7. The molecule has 0 saturated carbocycles. The average Bonchev–Trinajstić information content (AvgIpc) is 2.66. The Balaban J connectivity index is 2.78. The Kier molecular flexibility index (Phi) is 5.47. The highest BCUT2D eigenvalue weighted by atomic mass is 32.1. The molecule has 0 fully saturated rings. The molecule has 1 rings (SSSR count). The van der Waals surface area contributed by atoms with E-state index in [-0.39, 0.29) is 23.1 Å². The molecule has 114 valence electrons. The number of carbonyl (C=O) groups excluding carboxylic acids is 1. The number of thiophene rings is 1. The van der Waals surface area contributed by atoms with Crippen LogP contribution in [0.2, 0.25) is 0 Å². The largest absolute Gasteiger partial charge is 0.433 e. The van der Waals surface area contributed by atoms with Gasteiger partial charge in [-0.2, -0.15) is 8.78 Å². The van der Waals surface area contributed by atoms with Crippen LogP contribution in [0.25, 0.3) is 0 Å². The molecular formula is C13H19F2NO3S. The number of carbonyl (C=O) groups is 1. The lowest BCUT2D eigenvalue weighted by Crippen LogP contribution is -2.44. The minimum absolute atomic E-state index is 0.0363. The van der Waals surface area contributed by atoms with Gasteiger partial charge in [-0.15, -0.1) is 11.3 Å². The number of halogens is 2. The van der Waals surface area contributed by atoms with Crippen LogP contribution in [0.3, 0.4) is 0 Å². The van der Waals surface area contributed by atoms with Gasteiger partial charge in [0, 0.05) is 11.4 Å². The van der Waals surface area contributed by atoms with Crippen LogP contribution in [0, 0.1) is 12.8 Å². The van der Waals surface area contributed by atoms with Crippen LogP contribution in [0.15, 0.2) is 6.07 Å². The summed E-state index contributed by atoms with van der Waals surface area (Å²) in [7, 11) is 0. The number of nitrogens with one attached hydrogen (secondary N) is 1. The summed E-state index contributed by atoms with van der Waals surface area (Å²) in [4.78, 5) is 12.8. The molecular weight excluding hydrogens is 288 g/mol. The second-order valence-electron chi connectivity index (χ2n) is 5.12. The van der Waals surface area contributed by atoms with Crippen LogP contribution < -0.4 is 10.1 Å². The lowest BCUT2D eigenvalue weighted by Gasteiger charge is -2.27. The molecule has 20 heavy (non-hydrogen) atoms. The van der Waals surface area contributed by atoms with E-state index in [0.29, 0.717) is 4.88 Å². The summed E-state index contributed by atoms with van der Waals surface area (Å²) in [5.74, 6) is -0.714. The fourth-order valence-corrected chi connectivity index (χ4v) is 2.24. The molecule has 1 unspecified atom stereocenters. The highest BCUT2D eigenvalue weighted by molar-refractivity contribution is 7.14. The summed E-state index contributed by atoms with van der Waals surface area (Å²) >= 11 is 1.07. The summed E-state index contributed by atoms with van der Waals surface area (Å²) in [6.45, 7) is 4.01. The van der Waals surface area contributed by atoms with Gasteiger partial charge in [0.05, 0.1) is 5.60 Å². The molecule has 0 radical (unpaired) electrons. The third kappa shape index (κ3) is 4.42. The van der Waals surface area contributed by atoms with Crippen molar-refractivity contribution in [3.63, 3.8) is 0 Å². The molecule has 0 saturated heterocycles. The molecule has 7 heteroatoms. The predicted molar refractivity (Wildman–Crippen MR) is 73.5 cm³/mol. The number of rotatable bonds is 6. The zero-order chi connectivity index (χ0) is 15.5. The van der Waals surface area contributed by atoms with Gasteiger partial charge in [-0.25, -0.2) is 0 Å². The van der Waals surface area contributed by atoms with Crippen LogP contribution in [0.5, 0.6) is 5.75 Å². The Bertz CT molecular complexity index is 472. The highest BCUT2D eigenvalue weighted by Crippen LogP contribution is 2.30. The zero-order valence-electron chi connectivity index (χ0n) is 11.9. The van der Waals surface area contributed by atoms with E-state index < -0.39 is 18.1 Å². The van der Waals surface area contributed by atoms with Gasteiger partial charge in [0.2, 0.25) is 0 Å². The molecule has 1 aromatic heterocycles. The van der Waals surface area contributed by atoms with E-state index in [2.05, 4.69) is 10.1 Å². The van der Waals surface area contributed by atoms with Gasteiger partial charge in [-0.1, -0.05) is 13.8 Å². The lowest BCUT2D eigenvalue weighted by atomic mass is 9.92. The van der Waals surface area contributed by atoms with Crippen molar-refractivity contribution in [2.24, 2.45) is 5.92 Å². The number of alkyl halides is 2. The molecule has 0 bridgehead atoms. The van der Waals surface area contributed by atoms with E-state index in [9.17, 15) is 18.7 Å². The first-order valence-electron chi connectivity index (χ1n) is 6.19. The van der Waals surface area contributed by atoms with Gasteiger partial charge in [-0.3, -0.25) is 4.79 Å². The van der Waals surface area contributed by atoms with Crippen LogP contribution >= 0.6 is 11.3 Å². The second kappa shape index (κ2) is 6.49. The summed E-state index contributed by atoms with van der Waals surface area (Å²) in [5, 5.41) is 12.6. The maximum Gasteiger partial charge on any atom is 0.387 e. The van der Waals surface area contributed by atoms with E-state index in [1.807, 2.05) is 13.8 Å². The summed E-state index contributed by atoms with van der Waals surface area (Å²) in [5.41, 5.74) is -1.06. The first-order valence-corrected chi connectivity index (χ1v) is 7.01. The van der Waals surface area contributed by atoms with Gasteiger partial charge in [0.15, 0.2) is 0 Å². The third-order valence-electron chi connectivity index (χ3n) is 3.09. The number of hydrogen-bond acceptors (Lipinski definition) is 4. The number of amides is 1. The van der Waals surface area contributed by atoms with Crippen LogP contribution in [0.4, 0.5) is 8.78 Å². The summed E-state index contributed by atoms with van der Waals surface area (Å²) in [6.07, 6.45) is 0. The molecule has 1 heterocycles. The number of aryl methyl sites for hydroxylation is 1. The Hall–Kier alpha value is -1.21. The van der Waals surface area contributed by atoms with Crippen molar-refractivity contribution >= 4 is 17.2 Å². The van der Waals surface area contributed by atoms with Gasteiger partial charge < -0.3 is 15.2 Å². The molecule has 0 aromatic carbocycles. The Morgan fingerprint density at radius 3 is 2.65 bits per heavy atom. The predicted octanol–water partition coefficient (Wildman–Crippen LogP) is 2.79. The molecule has 1 amide bonds. The van der Waals surface area contributed by atoms with Crippen LogP contribution in [-0.2, 0) is 0 Å². The van der Waals surface area contributed by atoms with Crippen LogP contribution in [0.1, 0.15) is 35.3 Å². The molecule has 2 N–H and O–H groups in total. The summed E-state index contributed by atoms with van der Waals surface area (Å²) in [6, 6.07) is 1.40. The minimum Gasteiger partial charge on any atom is -0.433 e. The number of ether oxygens (including phenoxy) is 1. The van der Waals surface area contributed by atoms with Gasteiger partial charge in [0.25, 0.3) is 5.91 Å².